The molecule has 2 aliphatic heterocycles. The number of fused-ring (bicyclic) bond motifs is 7. The van der Waals surface area contributed by atoms with Gasteiger partial charge in [0.15, 0.2) is 0 Å². The van der Waals surface area contributed by atoms with E-state index in [1.807, 2.05) is 24.5 Å². The van der Waals surface area contributed by atoms with Gasteiger partial charge in [-0.3, -0.25) is 4.98 Å². The highest BCUT2D eigenvalue weighted by atomic mass is 16.5. The van der Waals surface area contributed by atoms with Gasteiger partial charge >= 0.3 is 0 Å². The highest BCUT2D eigenvalue weighted by Gasteiger charge is 2.52. The molecule has 0 unspecified atom stereocenters. The summed E-state index contributed by atoms with van der Waals surface area (Å²) in [7, 11) is 0. The summed E-state index contributed by atoms with van der Waals surface area (Å²) in [6, 6.07) is 10.4. The smallest absolute Gasteiger partial charge is 0.0957 e. The Kier molecular flexibility index (Phi) is 1.81. The third-order valence-electron chi connectivity index (χ3n) is 4.45. The highest BCUT2D eigenvalue weighted by Crippen LogP contribution is 2.53. The Labute approximate surface area is 106 Å². The van der Waals surface area contributed by atoms with E-state index in [0.717, 1.165) is 12.0 Å². The topological polar surface area (TPSA) is 36.4 Å². The van der Waals surface area contributed by atoms with Gasteiger partial charge < -0.3 is 5.21 Å². The zero-order valence-electron chi connectivity index (χ0n) is 10.2. The molecular weight excluding hydrogens is 224 g/mol. The van der Waals surface area contributed by atoms with E-state index < -0.39 is 5.54 Å². The van der Waals surface area contributed by atoms with E-state index in [1.165, 1.54) is 21.8 Å². The fourth-order valence-corrected chi connectivity index (χ4v) is 3.51. The first-order valence-electron chi connectivity index (χ1n) is 6.24. The van der Waals surface area contributed by atoms with Crippen LogP contribution >= 0.6 is 0 Å². The molecule has 2 aliphatic rings. The van der Waals surface area contributed by atoms with Crippen LogP contribution in [-0.4, -0.2) is 15.3 Å². The van der Waals surface area contributed by atoms with E-state index in [0.29, 0.717) is 0 Å². The van der Waals surface area contributed by atoms with Crippen LogP contribution in [-0.2, 0) is 12.0 Å². The van der Waals surface area contributed by atoms with Gasteiger partial charge in [-0.2, -0.15) is 5.06 Å². The average Bonchev–Trinajstić information content (AvgIpc) is 2.56. The first-order valence-corrected chi connectivity index (χ1v) is 6.24. The number of benzene rings is 1. The minimum Gasteiger partial charge on any atom is -0.312 e. The standard InChI is InChI=1S/C15H14N2O/c1-15-12-5-3-2-4-11(12)14(17(15)18)8-10-6-7-16-9-13(10)15/h2-7,9,14,18H,8H2,1H3/t14-,15-/m1/s1. The van der Waals surface area contributed by atoms with Crippen molar-refractivity contribution in [2.24, 2.45) is 0 Å². The normalized spacial score (nSPS) is 28.9. The monoisotopic (exact) mass is 238 g/mol. The lowest BCUT2D eigenvalue weighted by Gasteiger charge is -2.39. The minimum atomic E-state index is -0.455. The summed E-state index contributed by atoms with van der Waals surface area (Å²) in [6.45, 7) is 2.07. The van der Waals surface area contributed by atoms with E-state index in [9.17, 15) is 5.21 Å². The van der Waals surface area contributed by atoms with Crippen LogP contribution in [0, 0.1) is 0 Å². The molecule has 1 N–H and O–H groups in total. The Morgan fingerprint density at radius 3 is 3.00 bits per heavy atom. The van der Waals surface area contributed by atoms with E-state index in [-0.39, 0.29) is 6.04 Å². The Bertz CT molecular complexity index is 627. The molecule has 0 amide bonds. The Morgan fingerprint density at radius 1 is 1.28 bits per heavy atom. The second kappa shape index (κ2) is 3.19. The van der Waals surface area contributed by atoms with Crippen molar-refractivity contribution < 1.29 is 5.21 Å². The summed E-state index contributed by atoms with van der Waals surface area (Å²) >= 11 is 0. The van der Waals surface area contributed by atoms with Crippen molar-refractivity contribution in [1.82, 2.24) is 10.0 Å². The SMILES string of the molecule is C[C@]12c3cnccc3C[C@H](c3ccccc31)N2O. The third-order valence-corrected chi connectivity index (χ3v) is 4.45. The van der Waals surface area contributed by atoms with Crippen molar-refractivity contribution in [2.75, 3.05) is 0 Å². The first-order chi connectivity index (χ1) is 8.73. The number of pyridine rings is 1. The van der Waals surface area contributed by atoms with Crippen LogP contribution in [0.1, 0.15) is 35.2 Å². The van der Waals surface area contributed by atoms with Crippen molar-refractivity contribution in [1.29, 1.82) is 0 Å². The van der Waals surface area contributed by atoms with Crippen LogP contribution in [0.4, 0.5) is 0 Å². The van der Waals surface area contributed by atoms with Gasteiger partial charge in [-0.15, -0.1) is 0 Å². The van der Waals surface area contributed by atoms with Crippen LogP contribution in [0.3, 0.4) is 0 Å². The van der Waals surface area contributed by atoms with Crippen LogP contribution in [0.25, 0.3) is 0 Å². The molecule has 0 spiro atoms. The van der Waals surface area contributed by atoms with Crippen molar-refractivity contribution >= 4 is 0 Å². The van der Waals surface area contributed by atoms with Gasteiger partial charge in [0.25, 0.3) is 0 Å². The quantitative estimate of drug-likeness (QED) is 0.766. The van der Waals surface area contributed by atoms with Gasteiger partial charge in [0.05, 0.1) is 11.6 Å². The van der Waals surface area contributed by atoms with E-state index >= 15 is 0 Å². The van der Waals surface area contributed by atoms with Crippen LogP contribution in [0.5, 0.6) is 0 Å². The molecule has 2 aromatic rings. The molecule has 90 valence electrons. The molecule has 18 heavy (non-hydrogen) atoms. The van der Waals surface area contributed by atoms with E-state index in [4.69, 9.17) is 0 Å². The second-order valence-corrected chi connectivity index (χ2v) is 5.26. The fraction of sp³-hybridized carbons (Fsp3) is 0.267. The molecule has 2 bridgehead atoms. The Hall–Kier alpha value is -1.71. The predicted molar refractivity (Wildman–Crippen MR) is 67.2 cm³/mol. The summed E-state index contributed by atoms with van der Waals surface area (Å²) < 4.78 is 0. The molecule has 1 aromatic carbocycles. The van der Waals surface area contributed by atoms with Crippen LogP contribution < -0.4 is 0 Å². The van der Waals surface area contributed by atoms with Crippen LogP contribution in [0.2, 0.25) is 0 Å². The summed E-state index contributed by atoms with van der Waals surface area (Å²) in [6.07, 6.45) is 4.57. The van der Waals surface area contributed by atoms with Gasteiger partial charge in [-0.1, -0.05) is 24.3 Å². The summed E-state index contributed by atoms with van der Waals surface area (Å²) in [4.78, 5) is 4.23. The molecular formula is C15H14N2O. The summed E-state index contributed by atoms with van der Waals surface area (Å²) in [5.74, 6) is 0. The molecule has 0 saturated heterocycles. The zero-order chi connectivity index (χ0) is 12.3. The molecule has 0 aliphatic carbocycles. The summed E-state index contributed by atoms with van der Waals surface area (Å²) in [5, 5.41) is 12.0. The van der Waals surface area contributed by atoms with Crippen molar-refractivity contribution in [2.45, 2.75) is 24.9 Å². The third kappa shape index (κ3) is 0.998. The van der Waals surface area contributed by atoms with E-state index in [1.54, 1.807) is 0 Å². The van der Waals surface area contributed by atoms with Crippen molar-refractivity contribution in [3.8, 4) is 0 Å². The molecule has 0 saturated carbocycles. The highest BCUT2D eigenvalue weighted by molar-refractivity contribution is 5.53. The van der Waals surface area contributed by atoms with Crippen molar-refractivity contribution in [3.63, 3.8) is 0 Å². The second-order valence-electron chi connectivity index (χ2n) is 5.26. The largest absolute Gasteiger partial charge is 0.312 e. The molecule has 1 aromatic heterocycles. The first kappa shape index (κ1) is 10.2. The maximum Gasteiger partial charge on any atom is 0.0957 e. The minimum absolute atomic E-state index is 0.0705. The average molecular weight is 238 g/mol. The van der Waals surface area contributed by atoms with Gasteiger partial charge in [0.2, 0.25) is 0 Å². The van der Waals surface area contributed by atoms with Gasteiger partial charge in [-0.05, 0) is 36.1 Å². The lowest BCUT2D eigenvalue weighted by molar-refractivity contribution is -0.183. The zero-order valence-corrected chi connectivity index (χ0v) is 10.2. The number of hydrogen-bond donors (Lipinski definition) is 1. The maximum absolute atomic E-state index is 10.5. The molecule has 0 radical (unpaired) electrons. The fourth-order valence-electron chi connectivity index (χ4n) is 3.51. The lowest BCUT2D eigenvalue weighted by Crippen LogP contribution is -2.43. The number of nitrogens with zero attached hydrogens (tertiary/aromatic N) is 2. The Balaban J connectivity index is 2.08. The van der Waals surface area contributed by atoms with Gasteiger partial charge in [0, 0.05) is 18.0 Å². The number of aromatic nitrogens is 1. The predicted octanol–water partition coefficient (Wildman–Crippen LogP) is 2.65. The number of hydroxylamine groups is 2. The molecule has 3 heterocycles. The molecule has 4 rings (SSSR count). The Morgan fingerprint density at radius 2 is 2.11 bits per heavy atom. The lowest BCUT2D eigenvalue weighted by atomic mass is 9.83. The van der Waals surface area contributed by atoms with Gasteiger partial charge in [-0.25, -0.2) is 0 Å². The molecule has 2 atom stereocenters. The number of hydrogen-bond acceptors (Lipinski definition) is 3. The summed E-state index contributed by atoms with van der Waals surface area (Å²) in [5.41, 5.74) is 4.39. The van der Waals surface area contributed by atoms with Crippen molar-refractivity contribution in [3.05, 3.63) is 65.0 Å². The van der Waals surface area contributed by atoms with Crippen LogP contribution in [0.15, 0.2) is 42.7 Å². The van der Waals surface area contributed by atoms with Gasteiger partial charge in [0.1, 0.15) is 0 Å². The molecule has 3 nitrogen and oxygen atoms in total. The maximum atomic E-state index is 10.5. The molecule has 0 fully saturated rings. The molecule has 3 heteroatoms. The van der Waals surface area contributed by atoms with E-state index in [2.05, 4.69) is 30.1 Å². The number of rotatable bonds is 0.